The number of carboxylic acids is 1. The molecule has 0 aromatic carbocycles. The molecule has 34 heavy (non-hydrogen) atoms. The maximum atomic E-state index is 13.5. The van der Waals surface area contributed by atoms with Crippen LogP contribution >= 0.6 is 11.8 Å². The summed E-state index contributed by atoms with van der Waals surface area (Å²) in [4.78, 5) is 59.0. The van der Waals surface area contributed by atoms with Crippen LogP contribution in [0, 0.1) is 5.92 Å². The van der Waals surface area contributed by atoms with Crippen LogP contribution < -0.4 is 16.4 Å². The number of hydrogen-bond acceptors (Lipinski definition) is 7. The van der Waals surface area contributed by atoms with E-state index in [-0.39, 0.29) is 18.2 Å². The zero-order valence-electron chi connectivity index (χ0n) is 20.0. The molecular weight excluding hydrogens is 460 g/mol. The number of imidazole rings is 1. The average molecular weight is 497 g/mol. The molecule has 3 amide bonds. The highest BCUT2D eigenvalue weighted by Gasteiger charge is 2.40. The van der Waals surface area contributed by atoms with Crippen LogP contribution in [-0.2, 0) is 25.6 Å². The summed E-state index contributed by atoms with van der Waals surface area (Å²) >= 11 is 1.50. The first-order valence-corrected chi connectivity index (χ1v) is 12.9. The molecule has 5 atom stereocenters. The molecule has 2 heterocycles. The van der Waals surface area contributed by atoms with Crippen LogP contribution in [0.2, 0.25) is 0 Å². The molecule has 0 spiro atoms. The Bertz CT molecular complexity index is 836. The number of hydrogen-bond donors (Lipinski definition) is 5. The Morgan fingerprint density at radius 2 is 2.09 bits per heavy atom. The second-order valence-corrected chi connectivity index (χ2v) is 9.62. The monoisotopic (exact) mass is 496 g/mol. The Hall–Kier alpha value is -2.60. The summed E-state index contributed by atoms with van der Waals surface area (Å²) in [5.41, 5.74) is 6.75. The minimum Gasteiger partial charge on any atom is -0.480 e. The number of likely N-dealkylation sites (tertiary alicyclic amines) is 1. The van der Waals surface area contributed by atoms with Gasteiger partial charge in [-0.1, -0.05) is 20.3 Å². The van der Waals surface area contributed by atoms with E-state index in [1.54, 1.807) is 6.20 Å². The number of thioether (sulfide) groups is 1. The first-order valence-electron chi connectivity index (χ1n) is 11.5. The third-order valence-corrected chi connectivity index (χ3v) is 6.82. The van der Waals surface area contributed by atoms with E-state index in [0.29, 0.717) is 43.7 Å². The van der Waals surface area contributed by atoms with Gasteiger partial charge in [0, 0.05) is 24.9 Å². The summed E-state index contributed by atoms with van der Waals surface area (Å²) in [5, 5.41) is 14.8. The van der Waals surface area contributed by atoms with Crippen molar-refractivity contribution in [2.75, 3.05) is 18.6 Å². The lowest BCUT2D eigenvalue weighted by Crippen LogP contribution is -2.58. The molecule has 5 unspecified atom stereocenters. The minimum absolute atomic E-state index is 0.187. The zero-order chi connectivity index (χ0) is 25.3. The van der Waals surface area contributed by atoms with Crippen LogP contribution in [-0.4, -0.2) is 86.4 Å². The molecule has 1 aromatic heterocycles. The number of H-pyrrole nitrogens is 1. The fourth-order valence-corrected chi connectivity index (χ4v) is 4.38. The highest BCUT2D eigenvalue weighted by molar-refractivity contribution is 7.98. The van der Waals surface area contributed by atoms with E-state index in [0.717, 1.165) is 0 Å². The van der Waals surface area contributed by atoms with Gasteiger partial charge in [0.25, 0.3) is 0 Å². The van der Waals surface area contributed by atoms with Gasteiger partial charge in [0.2, 0.25) is 17.7 Å². The fraction of sp³-hybridized carbons (Fsp3) is 0.682. The van der Waals surface area contributed by atoms with Crippen LogP contribution in [0.25, 0.3) is 0 Å². The molecule has 1 aliphatic heterocycles. The van der Waals surface area contributed by atoms with Crippen molar-refractivity contribution in [3.05, 3.63) is 18.2 Å². The van der Waals surface area contributed by atoms with Crippen LogP contribution in [0.3, 0.4) is 0 Å². The summed E-state index contributed by atoms with van der Waals surface area (Å²) in [6, 6.07) is -3.50. The number of amides is 3. The van der Waals surface area contributed by atoms with Crippen LogP contribution in [0.1, 0.15) is 45.2 Å². The normalized spacial score (nSPS) is 19.2. The van der Waals surface area contributed by atoms with Gasteiger partial charge < -0.3 is 31.4 Å². The number of aromatic nitrogens is 2. The number of nitrogens with two attached hydrogens (primary N) is 1. The maximum absolute atomic E-state index is 13.5. The van der Waals surface area contributed by atoms with Crippen molar-refractivity contribution in [3.63, 3.8) is 0 Å². The Kier molecular flexibility index (Phi) is 10.8. The van der Waals surface area contributed by atoms with Gasteiger partial charge in [-0.15, -0.1) is 0 Å². The summed E-state index contributed by atoms with van der Waals surface area (Å²) in [6.07, 6.45) is 7.17. The molecule has 6 N–H and O–H groups in total. The molecule has 0 saturated carbocycles. The smallest absolute Gasteiger partial charge is 0.326 e. The SMILES string of the molecule is CCC(C)C(NC(=O)C(N)Cc1cnc[nH]1)C(=O)N1CCCC1C(=O)NC(CCSC)C(=O)O. The summed E-state index contributed by atoms with van der Waals surface area (Å²) in [7, 11) is 0. The second-order valence-electron chi connectivity index (χ2n) is 8.63. The van der Waals surface area contributed by atoms with Gasteiger partial charge in [0.1, 0.15) is 18.1 Å². The van der Waals surface area contributed by atoms with Gasteiger partial charge in [0.15, 0.2) is 0 Å². The van der Waals surface area contributed by atoms with Crippen LogP contribution in [0.5, 0.6) is 0 Å². The fourth-order valence-electron chi connectivity index (χ4n) is 3.91. The number of nitrogens with zero attached hydrogens (tertiary/aromatic N) is 2. The molecule has 0 bridgehead atoms. The highest BCUT2D eigenvalue weighted by atomic mass is 32.2. The lowest BCUT2D eigenvalue weighted by Gasteiger charge is -2.32. The van der Waals surface area contributed by atoms with Crippen molar-refractivity contribution in [1.82, 2.24) is 25.5 Å². The number of aromatic amines is 1. The van der Waals surface area contributed by atoms with Crippen molar-refractivity contribution in [2.24, 2.45) is 11.7 Å². The quantitative estimate of drug-likeness (QED) is 0.256. The van der Waals surface area contributed by atoms with E-state index in [4.69, 9.17) is 5.73 Å². The Labute approximate surface area is 204 Å². The zero-order valence-corrected chi connectivity index (χ0v) is 20.8. The van der Waals surface area contributed by atoms with E-state index in [2.05, 4.69) is 20.6 Å². The maximum Gasteiger partial charge on any atom is 0.326 e. The van der Waals surface area contributed by atoms with Gasteiger partial charge in [-0.05, 0) is 37.2 Å². The number of nitrogens with one attached hydrogen (secondary N) is 3. The van der Waals surface area contributed by atoms with E-state index in [9.17, 15) is 24.3 Å². The molecule has 0 radical (unpaired) electrons. The van der Waals surface area contributed by atoms with Crippen molar-refractivity contribution in [1.29, 1.82) is 0 Å². The Morgan fingerprint density at radius 3 is 2.68 bits per heavy atom. The van der Waals surface area contributed by atoms with E-state index < -0.39 is 42.0 Å². The number of aliphatic carboxylic acids is 1. The molecule has 190 valence electrons. The van der Waals surface area contributed by atoms with Gasteiger partial charge in [-0.25, -0.2) is 9.78 Å². The predicted molar refractivity (Wildman–Crippen MR) is 129 cm³/mol. The summed E-state index contributed by atoms with van der Waals surface area (Å²) in [6.45, 7) is 4.14. The largest absolute Gasteiger partial charge is 0.480 e. The van der Waals surface area contributed by atoms with Gasteiger partial charge in [-0.3, -0.25) is 14.4 Å². The van der Waals surface area contributed by atoms with Crippen molar-refractivity contribution >= 4 is 35.5 Å². The number of carbonyl (C=O) groups is 4. The predicted octanol–water partition coefficient (Wildman–Crippen LogP) is 0.124. The Morgan fingerprint density at radius 1 is 1.35 bits per heavy atom. The number of carboxylic acid groups (broad SMARTS) is 1. The molecule has 2 rings (SSSR count). The van der Waals surface area contributed by atoms with Gasteiger partial charge >= 0.3 is 5.97 Å². The summed E-state index contributed by atoms with van der Waals surface area (Å²) in [5.74, 6) is -2.00. The molecule has 1 aromatic rings. The van der Waals surface area contributed by atoms with Crippen molar-refractivity contribution < 1.29 is 24.3 Å². The third kappa shape index (κ3) is 7.45. The van der Waals surface area contributed by atoms with Gasteiger partial charge in [-0.2, -0.15) is 11.8 Å². The highest BCUT2D eigenvalue weighted by Crippen LogP contribution is 2.22. The van der Waals surface area contributed by atoms with E-state index >= 15 is 0 Å². The number of rotatable bonds is 13. The van der Waals surface area contributed by atoms with Crippen molar-refractivity contribution in [2.45, 2.75) is 70.1 Å². The standard InChI is InChI=1S/C22H36N6O5S/c1-4-13(2)18(27-19(29)15(23)10-14-11-24-12-25-14)21(31)28-8-5-6-17(28)20(30)26-16(22(32)33)7-9-34-3/h11-13,15-18H,4-10,23H2,1-3H3,(H,24,25)(H,26,30)(H,27,29)(H,32,33). The molecule has 1 fully saturated rings. The van der Waals surface area contributed by atoms with E-state index in [1.807, 2.05) is 20.1 Å². The minimum atomic E-state index is -1.10. The van der Waals surface area contributed by atoms with E-state index in [1.165, 1.54) is 23.0 Å². The third-order valence-electron chi connectivity index (χ3n) is 6.17. The molecule has 1 aliphatic rings. The molecular formula is C22H36N6O5S. The average Bonchev–Trinajstić information content (AvgIpc) is 3.50. The summed E-state index contributed by atoms with van der Waals surface area (Å²) < 4.78 is 0. The first-order chi connectivity index (χ1) is 16.2. The molecule has 11 nitrogen and oxygen atoms in total. The second kappa shape index (κ2) is 13.3. The lowest BCUT2D eigenvalue weighted by atomic mass is 9.96. The van der Waals surface area contributed by atoms with Crippen molar-refractivity contribution in [3.8, 4) is 0 Å². The van der Waals surface area contributed by atoms with Crippen LogP contribution in [0.15, 0.2) is 12.5 Å². The molecule has 12 heteroatoms. The van der Waals surface area contributed by atoms with Crippen LogP contribution in [0.4, 0.5) is 0 Å². The van der Waals surface area contributed by atoms with Gasteiger partial charge in [0.05, 0.1) is 12.4 Å². The molecule has 0 aliphatic carbocycles. The molecule has 1 saturated heterocycles. The topological polar surface area (TPSA) is 171 Å². The lowest BCUT2D eigenvalue weighted by molar-refractivity contribution is -0.145. The number of carbonyl (C=O) groups excluding carboxylic acids is 3. The Balaban J connectivity index is 2.09. The first kappa shape index (κ1) is 27.6.